The first-order valence-electron chi connectivity index (χ1n) is 7.09. The molecule has 0 amide bonds. The highest BCUT2D eigenvalue weighted by Gasteiger charge is 2.31. The van der Waals surface area contributed by atoms with E-state index in [1.807, 2.05) is 6.07 Å². The number of hydrogen-bond acceptors (Lipinski definition) is 4. The number of nitrogens with zero attached hydrogens (tertiary/aromatic N) is 2. The van der Waals surface area contributed by atoms with Gasteiger partial charge in [-0.2, -0.15) is 9.57 Å². The molecule has 0 bridgehead atoms. The van der Waals surface area contributed by atoms with E-state index in [1.54, 1.807) is 31.2 Å². The highest BCUT2D eigenvalue weighted by Crippen LogP contribution is 2.25. The van der Waals surface area contributed by atoms with Crippen LogP contribution in [0.1, 0.15) is 25.3 Å². The quantitative estimate of drug-likeness (QED) is 0.914. The topological polar surface area (TPSA) is 81.4 Å². The Kier molecular flexibility index (Phi) is 4.99. The third-order valence-electron chi connectivity index (χ3n) is 3.95. The first kappa shape index (κ1) is 16.0. The first-order chi connectivity index (χ1) is 9.95. The third kappa shape index (κ3) is 3.62. The summed E-state index contributed by atoms with van der Waals surface area (Å²) in [5.74, 6) is -0.00797. The molecule has 0 aromatic heterocycles. The predicted molar refractivity (Wildman–Crippen MR) is 78.9 cm³/mol. The van der Waals surface area contributed by atoms with Crippen LogP contribution >= 0.6 is 0 Å². The Bertz CT molecular complexity index is 617. The number of hydrogen-bond donors (Lipinski definition) is 1. The van der Waals surface area contributed by atoms with Crippen LogP contribution in [0.15, 0.2) is 29.2 Å². The molecule has 0 aliphatic carbocycles. The standard InChI is InChI=1S/C15H20N2O3S/c1-12(18)14-3-2-10-17(11-14)21(19,20)15-6-4-13(5-7-15)8-9-16/h4-7,12,14,18H,2-3,8,10-11H2,1H3. The van der Waals surface area contributed by atoms with E-state index >= 15 is 0 Å². The van der Waals surface area contributed by atoms with Gasteiger partial charge in [0.1, 0.15) is 0 Å². The molecule has 0 radical (unpaired) electrons. The molecule has 1 aromatic carbocycles. The highest BCUT2D eigenvalue weighted by atomic mass is 32.2. The Balaban J connectivity index is 2.19. The minimum Gasteiger partial charge on any atom is -0.393 e. The van der Waals surface area contributed by atoms with E-state index in [9.17, 15) is 13.5 Å². The van der Waals surface area contributed by atoms with Crippen molar-refractivity contribution in [1.82, 2.24) is 4.31 Å². The molecule has 1 aliphatic rings. The van der Waals surface area contributed by atoms with Crippen molar-refractivity contribution in [1.29, 1.82) is 5.26 Å². The van der Waals surface area contributed by atoms with Gasteiger partial charge in [0.2, 0.25) is 10.0 Å². The number of aliphatic hydroxyl groups is 1. The average molecular weight is 308 g/mol. The number of nitriles is 1. The van der Waals surface area contributed by atoms with Crippen molar-refractivity contribution in [2.24, 2.45) is 5.92 Å². The Morgan fingerprint density at radius 3 is 2.67 bits per heavy atom. The smallest absolute Gasteiger partial charge is 0.243 e. The van der Waals surface area contributed by atoms with E-state index < -0.39 is 16.1 Å². The summed E-state index contributed by atoms with van der Waals surface area (Å²) < 4.78 is 26.7. The van der Waals surface area contributed by atoms with E-state index in [2.05, 4.69) is 0 Å². The second-order valence-electron chi connectivity index (χ2n) is 5.48. The molecule has 0 saturated carbocycles. The zero-order chi connectivity index (χ0) is 15.5. The summed E-state index contributed by atoms with van der Waals surface area (Å²) in [5.41, 5.74) is 0.803. The van der Waals surface area contributed by atoms with Gasteiger partial charge in [0.25, 0.3) is 0 Å². The molecule has 1 saturated heterocycles. The summed E-state index contributed by atoms with van der Waals surface area (Å²) in [7, 11) is -3.52. The molecular weight excluding hydrogens is 288 g/mol. The Morgan fingerprint density at radius 1 is 1.43 bits per heavy atom. The molecular formula is C15H20N2O3S. The van der Waals surface area contributed by atoms with Crippen molar-refractivity contribution in [2.45, 2.75) is 37.2 Å². The Morgan fingerprint density at radius 2 is 2.10 bits per heavy atom. The Hall–Kier alpha value is -1.42. The van der Waals surface area contributed by atoms with Gasteiger partial charge in [-0.3, -0.25) is 0 Å². The van der Waals surface area contributed by atoms with E-state index in [0.29, 0.717) is 13.1 Å². The molecule has 2 atom stereocenters. The van der Waals surface area contributed by atoms with Gasteiger partial charge in [-0.25, -0.2) is 8.42 Å². The van der Waals surface area contributed by atoms with Crippen LogP contribution < -0.4 is 0 Å². The van der Waals surface area contributed by atoms with Crippen LogP contribution in [-0.2, 0) is 16.4 Å². The van der Waals surface area contributed by atoms with E-state index in [4.69, 9.17) is 5.26 Å². The largest absolute Gasteiger partial charge is 0.393 e. The monoisotopic (exact) mass is 308 g/mol. The molecule has 1 fully saturated rings. The van der Waals surface area contributed by atoms with Crippen molar-refractivity contribution in [3.8, 4) is 6.07 Å². The number of aliphatic hydroxyl groups excluding tert-OH is 1. The van der Waals surface area contributed by atoms with Crippen molar-refractivity contribution in [2.75, 3.05) is 13.1 Å². The molecule has 1 aromatic rings. The lowest BCUT2D eigenvalue weighted by Gasteiger charge is -2.33. The molecule has 6 heteroatoms. The SMILES string of the molecule is CC(O)C1CCCN(S(=O)(=O)c2ccc(CC#N)cc2)C1. The van der Waals surface area contributed by atoms with Gasteiger partial charge in [0.05, 0.1) is 23.5 Å². The van der Waals surface area contributed by atoms with Gasteiger partial charge in [-0.15, -0.1) is 0 Å². The van der Waals surface area contributed by atoms with Crippen molar-refractivity contribution in [3.05, 3.63) is 29.8 Å². The summed E-state index contributed by atoms with van der Waals surface area (Å²) in [5, 5.41) is 18.3. The van der Waals surface area contributed by atoms with Gasteiger partial charge >= 0.3 is 0 Å². The normalized spacial score (nSPS) is 21.7. The van der Waals surface area contributed by atoms with Gasteiger partial charge in [-0.05, 0) is 43.4 Å². The van der Waals surface area contributed by atoms with Crippen LogP contribution in [-0.4, -0.2) is 37.0 Å². The lowest BCUT2D eigenvalue weighted by atomic mass is 9.95. The molecule has 0 spiro atoms. The third-order valence-corrected chi connectivity index (χ3v) is 5.83. The van der Waals surface area contributed by atoms with Crippen molar-refractivity contribution >= 4 is 10.0 Å². The maximum atomic E-state index is 12.6. The lowest BCUT2D eigenvalue weighted by molar-refractivity contribution is 0.0885. The summed E-state index contributed by atoms with van der Waals surface area (Å²) in [4.78, 5) is 0.246. The second-order valence-corrected chi connectivity index (χ2v) is 7.42. The fraction of sp³-hybridized carbons (Fsp3) is 0.533. The predicted octanol–water partition coefficient (Wildman–Crippen LogP) is 1.53. The van der Waals surface area contributed by atoms with Crippen LogP contribution in [0.25, 0.3) is 0 Å². The second kappa shape index (κ2) is 6.56. The zero-order valence-corrected chi connectivity index (χ0v) is 12.9. The van der Waals surface area contributed by atoms with Crippen LogP contribution in [0.2, 0.25) is 0 Å². The van der Waals surface area contributed by atoms with Crippen LogP contribution in [0.3, 0.4) is 0 Å². The molecule has 5 nitrogen and oxygen atoms in total. The van der Waals surface area contributed by atoms with E-state index in [-0.39, 0.29) is 17.2 Å². The summed E-state index contributed by atoms with van der Waals surface area (Å²) in [6, 6.07) is 8.48. The zero-order valence-electron chi connectivity index (χ0n) is 12.1. The minimum atomic E-state index is -3.52. The fourth-order valence-electron chi connectivity index (χ4n) is 2.61. The lowest BCUT2D eigenvalue weighted by Crippen LogP contribution is -2.42. The van der Waals surface area contributed by atoms with E-state index in [1.165, 1.54) is 4.31 Å². The minimum absolute atomic E-state index is 0.00797. The maximum Gasteiger partial charge on any atom is 0.243 e. The molecule has 21 heavy (non-hydrogen) atoms. The van der Waals surface area contributed by atoms with Crippen LogP contribution in [0.5, 0.6) is 0 Å². The first-order valence-corrected chi connectivity index (χ1v) is 8.53. The molecule has 1 aliphatic heterocycles. The fourth-order valence-corrected chi connectivity index (χ4v) is 4.14. The molecule has 1 heterocycles. The average Bonchev–Trinajstić information content (AvgIpc) is 2.48. The van der Waals surface area contributed by atoms with Crippen LogP contribution in [0, 0.1) is 17.2 Å². The number of benzene rings is 1. The maximum absolute atomic E-state index is 12.6. The summed E-state index contributed by atoms with van der Waals surface area (Å²) >= 11 is 0. The Labute approximate surface area is 125 Å². The van der Waals surface area contributed by atoms with Gasteiger partial charge in [-0.1, -0.05) is 12.1 Å². The molecule has 1 N–H and O–H groups in total. The van der Waals surface area contributed by atoms with Gasteiger partial charge < -0.3 is 5.11 Å². The molecule has 114 valence electrons. The highest BCUT2D eigenvalue weighted by molar-refractivity contribution is 7.89. The van der Waals surface area contributed by atoms with Crippen molar-refractivity contribution in [3.63, 3.8) is 0 Å². The van der Waals surface area contributed by atoms with E-state index in [0.717, 1.165) is 18.4 Å². The molecule has 2 rings (SSSR count). The van der Waals surface area contributed by atoms with Crippen molar-refractivity contribution < 1.29 is 13.5 Å². The number of rotatable bonds is 4. The molecule has 2 unspecified atom stereocenters. The number of piperidine rings is 1. The summed E-state index contributed by atoms with van der Waals surface area (Å²) in [6.45, 7) is 2.56. The van der Waals surface area contributed by atoms with Gasteiger partial charge in [0.15, 0.2) is 0 Å². The summed E-state index contributed by atoms with van der Waals surface area (Å²) in [6.07, 6.45) is 1.39. The van der Waals surface area contributed by atoms with Crippen LogP contribution in [0.4, 0.5) is 0 Å². The van der Waals surface area contributed by atoms with Gasteiger partial charge in [0, 0.05) is 13.1 Å². The number of sulfonamides is 1.